The largest absolute Gasteiger partial charge is 0.351 e. The Morgan fingerprint density at radius 2 is 1.62 bits per heavy atom. The van der Waals surface area contributed by atoms with Gasteiger partial charge in [-0.2, -0.15) is 0 Å². The van der Waals surface area contributed by atoms with Gasteiger partial charge < -0.3 is 4.74 Å². The van der Waals surface area contributed by atoms with Gasteiger partial charge in [-0.1, -0.05) is 0 Å². The van der Waals surface area contributed by atoms with Crippen molar-refractivity contribution in [3.63, 3.8) is 0 Å². The van der Waals surface area contributed by atoms with Gasteiger partial charge in [0.05, 0.1) is 7.11 Å². The van der Waals surface area contributed by atoms with E-state index in [1.165, 1.54) is 7.11 Å². The maximum atomic E-state index is 4.83. The molecule has 0 unspecified atom stereocenters. The van der Waals surface area contributed by atoms with E-state index in [1.807, 2.05) is 0 Å². The normalized spacial score (nSPS) is 12.0. The number of hydrogen-bond acceptors (Lipinski definition) is 3. The van der Waals surface area contributed by atoms with Crippen LogP contribution in [0.25, 0.3) is 0 Å². The van der Waals surface area contributed by atoms with Crippen LogP contribution in [0.4, 0.5) is 0 Å². The van der Waals surface area contributed by atoms with Crippen LogP contribution in [0.15, 0.2) is 0 Å². The smallest absolute Gasteiger partial charge is 0.195 e. The first kappa shape index (κ1) is 7.88. The van der Waals surface area contributed by atoms with Crippen molar-refractivity contribution >= 4 is 0 Å². The molecule has 0 heterocycles. The molecule has 0 amide bonds. The molecule has 0 rings (SSSR count). The van der Waals surface area contributed by atoms with Gasteiger partial charge in [-0.25, -0.2) is 9.78 Å². The number of hydrogen-bond donors (Lipinski definition) is 0. The predicted octanol–water partition coefficient (Wildman–Crippen LogP) is 0.947. The van der Waals surface area contributed by atoms with Crippen molar-refractivity contribution in [2.45, 2.75) is 19.6 Å². The summed E-state index contributed by atoms with van der Waals surface area (Å²) < 4.78 is 4.83. The topological polar surface area (TPSA) is 27.7 Å². The average Bonchev–Trinajstić information content (AvgIpc) is 1.67. The zero-order chi connectivity index (χ0) is 6.62. The Labute approximate surface area is 49.5 Å². The van der Waals surface area contributed by atoms with Crippen LogP contribution in [0.3, 0.4) is 0 Å². The van der Waals surface area contributed by atoms with Crippen molar-refractivity contribution in [2.75, 3.05) is 14.2 Å². The molecule has 0 radical (unpaired) electrons. The Hall–Kier alpha value is -0.120. The molecule has 0 saturated carbocycles. The molecule has 50 valence electrons. The standard InChI is InChI=1S/C5H12O3/c1-5(2,6-3)8-7-4/h1-4H3. The van der Waals surface area contributed by atoms with Crippen LogP contribution < -0.4 is 0 Å². The summed E-state index contributed by atoms with van der Waals surface area (Å²) in [6.45, 7) is 3.52. The molecule has 8 heavy (non-hydrogen) atoms. The average molecular weight is 120 g/mol. The predicted molar refractivity (Wildman–Crippen MR) is 29.2 cm³/mol. The number of ether oxygens (including phenoxy) is 1. The summed E-state index contributed by atoms with van der Waals surface area (Å²) in [5, 5.41) is 0. The summed E-state index contributed by atoms with van der Waals surface area (Å²) >= 11 is 0. The molecule has 0 N–H and O–H groups in total. The van der Waals surface area contributed by atoms with E-state index in [2.05, 4.69) is 9.78 Å². The first-order valence-electron chi connectivity index (χ1n) is 2.39. The van der Waals surface area contributed by atoms with Gasteiger partial charge in [-0.05, 0) is 13.8 Å². The van der Waals surface area contributed by atoms with Crippen LogP contribution in [-0.2, 0) is 14.5 Å². The lowest BCUT2D eigenvalue weighted by molar-refractivity contribution is -0.400. The van der Waals surface area contributed by atoms with Gasteiger partial charge in [0.25, 0.3) is 0 Å². The lowest BCUT2D eigenvalue weighted by atomic mass is 10.4. The summed E-state index contributed by atoms with van der Waals surface area (Å²) in [6, 6.07) is 0. The Balaban J connectivity index is 3.37. The zero-order valence-electron chi connectivity index (χ0n) is 5.72. The van der Waals surface area contributed by atoms with Crippen molar-refractivity contribution in [2.24, 2.45) is 0 Å². The second-order valence-corrected chi connectivity index (χ2v) is 1.85. The van der Waals surface area contributed by atoms with E-state index in [0.29, 0.717) is 0 Å². The molecule has 0 spiro atoms. The van der Waals surface area contributed by atoms with E-state index < -0.39 is 5.79 Å². The summed E-state index contributed by atoms with van der Waals surface area (Å²) in [5.41, 5.74) is 0. The lowest BCUT2D eigenvalue weighted by Crippen LogP contribution is -2.25. The number of methoxy groups -OCH3 is 1. The van der Waals surface area contributed by atoms with Crippen molar-refractivity contribution in [3.8, 4) is 0 Å². The minimum absolute atomic E-state index is 0.630. The van der Waals surface area contributed by atoms with Crippen LogP contribution in [0, 0.1) is 0 Å². The van der Waals surface area contributed by atoms with Crippen molar-refractivity contribution in [3.05, 3.63) is 0 Å². The van der Waals surface area contributed by atoms with E-state index in [-0.39, 0.29) is 0 Å². The molecule has 0 fully saturated rings. The molecule has 0 bridgehead atoms. The molecule has 3 heteroatoms. The molecule has 0 aromatic carbocycles. The molecule has 0 aromatic heterocycles. The van der Waals surface area contributed by atoms with Crippen LogP contribution in [0.5, 0.6) is 0 Å². The van der Waals surface area contributed by atoms with E-state index in [0.717, 1.165) is 0 Å². The van der Waals surface area contributed by atoms with Crippen LogP contribution in [-0.4, -0.2) is 20.0 Å². The summed E-state index contributed by atoms with van der Waals surface area (Å²) in [4.78, 5) is 9.03. The highest BCUT2D eigenvalue weighted by atomic mass is 17.2. The monoisotopic (exact) mass is 120 g/mol. The SMILES string of the molecule is COOC(C)(C)OC. The van der Waals surface area contributed by atoms with E-state index in [1.54, 1.807) is 21.0 Å². The van der Waals surface area contributed by atoms with Crippen molar-refractivity contribution in [1.82, 2.24) is 0 Å². The van der Waals surface area contributed by atoms with E-state index in [9.17, 15) is 0 Å². The van der Waals surface area contributed by atoms with Gasteiger partial charge in [0.1, 0.15) is 0 Å². The van der Waals surface area contributed by atoms with Gasteiger partial charge in [0.15, 0.2) is 5.79 Å². The second kappa shape index (κ2) is 3.02. The summed E-state index contributed by atoms with van der Waals surface area (Å²) in [5.74, 6) is -0.630. The molecule has 0 saturated heterocycles. The Morgan fingerprint density at radius 3 is 1.75 bits per heavy atom. The van der Waals surface area contributed by atoms with Crippen LogP contribution in [0.1, 0.15) is 13.8 Å². The maximum absolute atomic E-state index is 4.83. The molecular weight excluding hydrogens is 108 g/mol. The quantitative estimate of drug-likeness (QED) is 0.315. The molecule has 3 nitrogen and oxygen atoms in total. The van der Waals surface area contributed by atoms with Gasteiger partial charge in [-0.3, -0.25) is 0 Å². The lowest BCUT2D eigenvalue weighted by Gasteiger charge is -2.19. The molecule has 0 aliphatic carbocycles. The third kappa shape index (κ3) is 2.96. The summed E-state index contributed by atoms with van der Waals surface area (Å²) in [6.07, 6.45) is 0. The fourth-order valence-corrected chi connectivity index (χ4v) is 0.235. The van der Waals surface area contributed by atoms with Crippen LogP contribution >= 0.6 is 0 Å². The molecule has 0 aliphatic rings. The van der Waals surface area contributed by atoms with E-state index >= 15 is 0 Å². The van der Waals surface area contributed by atoms with Crippen LogP contribution in [0.2, 0.25) is 0 Å². The van der Waals surface area contributed by atoms with Gasteiger partial charge in [0, 0.05) is 7.11 Å². The minimum atomic E-state index is -0.630. The Bertz CT molecular complexity index is 60.7. The minimum Gasteiger partial charge on any atom is -0.351 e. The van der Waals surface area contributed by atoms with Crippen molar-refractivity contribution in [1.29, 1.82) is 0 Å². The highest BCUT2D eigenvalue weighted by molar-refractivity contribution is 4.45. The first-order valence-corrected chi connectivity index (χ1v) is 2.39. The van der Waals surface area contributed by atoms with E-state index in [4.69, 9.17) is 4.74 Å². The number of rotatable bonds is 3. The molecule has 0 aromatic rings. The van der Waals surface area contributed by atoms with Gasteiger partial charge in [0.2, 0.25) is 0 Å². The van der Waals surface area contributed by atoms with Crippen molar-refractivity contribution < 1.29 is 14.5 Å². The Morgan fingerprint density at radius 1 is 1.12 bits per heavy atom. The third-order valence-electron chi connectivity index (χ3n) is 0.776. The maximum Gasteiger partial charge on any atom is 0.195 e. The fraction of sp³-hybridized carbons (Fsp3) is 1.00. The zero-order valence-corrected chi connectivity index (χ0v) is 5.72. The summed E-state index contributed by atoms with van der Waals surface area (Å²) in [7, 11) is 3.00. The molecular formula is C5H12O3. The second-order valence-electron chi connectivity index (χ2n) is 1.85. The molecule has 0 aliphatic heterocycles. The highest BCUT2D eigenvalue weighted by Gasteiger charge is 2.16. The highest BCUT2D eigenvalue weighted by Crippen LogP contribution is 2.07. The third-order valence-corrected chi connectivity index (χ3v) is 0.776. The van der Waals surface area contributed by atoms with Gasteiger partial charge >= 0.3 is 0 Å². The Kier molecular flexibility index (Phi) is 2.97. The van der Waals surface area contributed by atoms with Gasteiger partial charge in [-0.15, -0.1) is 0 Å². The first-order chi connectivity index (χ1) is 3.62. The molecule has 0 atom stereocenters. The fourth-order valence-electron chi connectivity index (χ4n) is 0.235.